The maximum Gasteiger partial charge on any atom is 0.416 e. The SMILES string of the molecule is Fc1cc(Nc2cc3c4c(c2)[C@@H]2CNC[C@@H]2CN4CCC3)cc(C(F)(F)F)c1. The van der Waals surface area contributed by atoms with Gasteiger partial charge < -0.3 is 15.5 Å². The molecule has 0 aliphatic carbocycles. The summed E-state index contributed by atoms with van der Waals surface area (Å²) < 4.78 is 52.8. The number of halogens is 4. The summed E-state index contributed by atoms with van der Waals surface area (Å²) >= 11 is 0. The first-order valence-electron chi connectivity index (χ1n) is 9.66. The lowest BCUT2D eigenvalue weighted by Gasteiger charge is -2.42. The minimum Gasteiger partial charge on any atom is -0.371 e. The van der Waals surface area contributed by atoms with Crippen LogP contribution in [0.4, 0.5) is 34.6 Å². The van der Waals surface area contributed by atoms with Gasteiger partial charge in [0, 0.05) is 49.2 Å². The van der Waals surface area contributed by atoms with Gasteiger partial charge in [0.05, 0.1) is 5.56 Å². The number of anilines is 3. The number of nitrogens with zero attached hydrogens (tertiary/aromatic N) is 1. The van der Waals surface area contributed by atoms with Crippen LogP contribution in [0.1, 0.15) is 29.0 Å². The molecule has 2 aromatic carbocycles. The van der Waals surface area contributed by atoms with Gasteiger partial charge in [-0.25, -0.2) is 4.39 Å². The molecule has 0 saturated carbocycles. The van der Waals surface area contributed by atoms with Gasteiger partial charge in [0.1, 0.15) is 5.82 Å². The quantitative estimate of drug-likeness (QED) is 0.730. The summed E-state index contributed by atoms with van der Waals surface area (Å²) in [6.45, 7) is 4.02. The summed E-state index contributed by atoms with van der Waals surface area (Å²) in [6.07, 6.45) is -2.56. The molecule has 5 rings (SSSR count). The first-order valence-corrected chi connectivity index (χ1v) is 9.66. The van der Waals surface area contributed by atoms with E-state index in [1.54, 1.807) is 0 Å². The maximum absolute atomic E-state index is 13.8. The normalized spacial score (nSPS) is 23.4. The van der Waals surface area contributed by atoms with Crippen LogP contribution in [0.15, 0.2) is 30.3 Å². The zero-order valence-corrected chi connectivity index (χ0v) is 15.2. The van der Waals surface area contributed by atoms with Crippen LogP contribution in [0, 0.1) is 11.7 Å². The van der Waals surface area contributed by atoms with E-state index in [0.29, 0.717) is 17.9 Å². The van der Waals surface area contributed by atoms with E-state index in [2.05, 4.69) is 15.5 Å². The monoisotopic (exact) mass is 391 g/mol. The molecular weight excluding hydrogens is 370 g/mol. The van der Waals surface area contributed by atoms with Crippen LogP contribution in [0.5, 0.6) is 0 Å². The van der Waals surface area contributed by atoms with Crippen LogP contribution in [0.2, 0.25) is 0 Å². The van der Waals surface area contributed by atoms with Crippen molar-refractivity contribution in [3.8, 4) is 0 Å². The van der Waals surface area contributed by atoms with Crippen molar-refractivity contribution in [2.75, 3.05) is 36.4 Å². The molecule has 0 bridgehead atoms. The molecule has 148 valence electrons. The first kappa shape index (κ1) is 17.8. The molecule has 3 nitrogen and oxygen atoms in total. The number of rotatable bonds is 2. The highest BCUT2D eigenvalue weighted by atomic mass is 19.4. The molecule has 0 spiro atoms. The van der Waals surface area contributed by atoms with E-state index >= 15 is 0 Å². The van der Waals surface area contributed by atoms with Crippen LogP contribution in [0.3, 0.4) is 0 Å². The Hall–Kier alpha value is -2.28. The van der Waals surface area contributed by atoms with Crippen LogP contribution in [-0.4, -0.2) is 26.2 Å². The third kappa shape index (κ3) is 3.02. The fourth-order valence-electron chi connectivity index (χ4n) is 4.97. The van der Waals surface area contributed by atoms with Crippen LogP contribution >= 0.6 is 0 Å². The van der Waals surface area contributed by atoms with E-state index in [1.165, 1.54) is 16.8 Å². The molecule has 7 heteroatoms. The summed E-state index contributed by atoms with van der Waals surface area (Å²) in [7, 11) is 0. The van der Waals surface area contributed by atoms with Crippen molar-refractivity contribution in [3.63, 3.8) is 0 Å². The number of hydrogen-bond acceptors (Lipinski definition) is 3. The lowest BCUT2D eigenvalue weighted by Crippen LogP contribution is -2.41. The summed E-state index contributed by atoms with van der Waals surface area (Å²) in [5.41, 5.74) is 3.64. The van der Waals surface area contributed by atoms with Gasteiger partial charge in [0.25, 0.3) is 0 Å². The molecular formula is C21H21F4N3. The Morgan fingerprint density at radius 2 is 1.86 bits per heavy atom. The number of fused-ring (bicyclic) bond motifs is 2. The van der Waals surface area contributed by atoms with Gasteiger partial charge in [0.15, 0.2) is 0 Å². The highest BCUT2D eigenvalue weighted by Crippen LogP contribution is 2.46. The Morgan fingerprint density at radius 3 is 2.68 bits per heavy atom. The van der Waals surface area contributed by atoms with E-state index in [0.717, 1.165) is 56.8 Å². The van der Waals surface area contributed by atoms with Crippen molar-refractivity contribution < 1.29 is 17.6 Å². The third-order valence-electron chi connectivity index (χ3n) is 6.12. The van der Waals surface area contributed by atoms with E-state index in [9.17, 15) is 17.6 Å². The summed E-state index contributed by atoms with van der Waals surface area (Å²) in [6, 6.07) is 6.63. The van der Waals surface area contributed by atoms with Gasteiger partial charge in [-0.3, -0.25) is 0 Å². The molecule has 3 aliphatic heterocycles. The number of nitrogens with one attached hydrogen (secondary N) is 2. The van der Waals surface area contributed by atoms with Gasteiger partial charge in [-0.2, -0.15) is 13.2 Å². The number of hydrogen-bond donors (Lipinski definition) is 2. The predicted molar refractivity (Wildman–Crippen MR) is 101 cm³/mol. The van der Waals surface area contributed by atoms with Crippen molar-refractivity contribution in [2.45, 2.75) is 24.9 Å². The lowest BCUT2D eigenvalue weighted by molar-refractivity contribution is -0.137. The molecule has 2 N–H and O–H groups in total. The number of aryl methyl sites for hydroxylation is 1. The molecule has 1 saturated heterocycles. The molecule has 0 radical (unpaired) electrons. The molecule has 0 amide bonds. The van der Waals surface area contributed by atoms with E-state index in [1.807, 2.05) is 12.1 Å². The zero-order valence-electron chi connectivity index (χ0n) is 15.2. The van der Waals surface area contributed by atoms with Gasteiger partial charge in [0.2, 0.25) is 0 Å². The standard InChI is InChI=1S/C21H21F4N3/c22-15-5-14(21(23,24)25)6-17(7-15)27-16-4-12-2-1-3-28-11-13-9-26-10-19(13)18(8-16)20(12)28/h4-8,13,19,26-27H,1-3,9-11H2/t13-,19-/m1/s1. The second kappa shape index (κ2) is 6.37. The van der Waals surface area contributed by atoms with Crippen molar-refractivity contribution in [3.05, 3.63) is 52.8 Å². The minimum atomic E-state index is -4.58. The highest BCUT2D eigenvalue weighted by molar-refractivity contribution is 5.73. The maximum atomic E-state index is 13.8. The molecule has 3 aliphatic rings. The van der Waals surface area contributed by atoms with E-state index in [-0.39, 0.29) is 5.69 Å². The molecule has 0 aromatic heterocycles. The van der Waals surface area contributed by atoms with Gasteiger partial charge >= 0.3 is 6.18 Å². The molecule has 0 unspecified atom stereocenters. The number of benzene rings is 2. The molecule has 28 heavy (non-hydrogen) atoms. The van der Waals surface area contributed by atoms with Gasteiger partial charge in [-0.1, -0.05) is 0 Å². The Morgan fingerprint density at radius 1 is 1.04 bits per heavy atom. The van der Waals surface area contributed by atoms with Crippen LogP contribution < -0.4 is 15.5 Å². The van der Waals surface area contributed by atoms with Crippen molar-refractivity contribution in [1.29, 1.82) is 0 Å². The van der Waals surface area contributed by atoms with Gasteiger partial charge in [-0.15, -0.1) is 0 Å². The zero-order chi connectivity index (χ0) is 19.5. The Bertz CT molecular complexity index is 925. The van der Waals surface area contributed by atoms with Gasteiger partial charge in [-0.05, 0) is 60.2 Å². The number of alkyl halides is 3. The fourth-order valence-corrected chi connectivity index (χ4v) is 4.97. The Kier molecular flexibility index (Phi) is 4.05. The first-order chi connectivity index (χ1) is 13.4. The third-order valence-corrected chi connectivity index (χ3v) is 6.12. The Balaban J connectivity index is 1.54. The van der Waals surface area contributed by atoms with E-state index in [4.69, 9.17) is 0 Å². The molecule has 3 heterocycles. The lowest BCUT2D eigenvalue weighted by atomic mass is 9.80. The average molecular weight is 391 g/mol. The van der Waals surface area contributed by atoms with Crippen LogP contribution in [-0.2, 0) is 12.6 Å². The second-order valence-corrected chi connectivity index (χ2v) is 8.00. The topological polar surface area (TPSA) is 27.3 Å². The molecule has 1 fully saturated rings. The summed E-state index contributed by atoms with van der Waals surface area (Å²) in [4.78, 5) is 2.45. The highest BCUT2D eigenvalue weighted by Gasteiger charge is 2.39. The predicted octanol–water partition coefficient (Wildman–Crippen LogP) is 4.66. The molecule has 2 atom stereocenters. The minimum absolute atomic E-state index is 0.115. The largest absolute Gasteiger partial charge is 0.416 e. The van der Waals surface area contributed by atoms with Crippen molar-refractivity contribution in [2.24, 2.45) is 5.92 Å². The molecule has 2 aromatic rings. The Labute approximate surface area is 160 Å². The van der Waals surface area contributed by atoms with E-state index < -0.39 is 17.6 Å². The van der Waals surface area contributed by atoms with Crippen molar-refractivity contribution in [1.82, 2.24) is 5.32 Å². The summed E-state index contributed by atoms with van der Waals surface area (Å²) in [5, 5.41) is 6.49. The summed E-state index contributed by atoms with van der Waals surface area (Å²) in [5.74, 6) is 0.0747. The average Bonchev–Trinajstić information content (AvgIpc) is 3.09. The van der Waals surface area contributed by atoms with Crippen LogP contribution in [0.25, 0.3) is 0 Å². The second-order valence-electron chi connectivity index (χ2n) is 8.00. The fraction of sp³-hybridized carbons (Fsp3) is 0.429. The smallest absolute Gasteiger partial charge is 0.371 e. The van der Waals surface area contributed by atoms with Crippen molar-refractivity contribution >= 4 is 17.1 Å².